The maximum Gasteiger partial charge on any atom is 0.319 e. The minimum absolute atomic E-state index is 0.221. The number of hydrogen-bond donors (Lipinski definition) is 0. The molecule has 4 nitrogen and oxygen atoms in total. The fraction of sp³-hybridized carbons (Fsp3) is 0.800. The van der Waals surface area contributed by atoms with Crippen LogP contribution in [0, 0.1) is 0 Å². The molecule has 0 bridgehead atoms. The van der Waals surface area contributed by atoms with Crippen molar-refractivity contribution in [1.29, 1.82) is 0 Å². The number of hydrogen-bond acceptors (Lipinski definition) is 4. The summed E-state index contributed by atoms with van der Waals surface area (Å²) >= 11 is 3.21. The lowest BCUT2D eigenvalue weighted by molar-refractivity contribution is -0.144. The summed E-state index contributed by atoms with van der Waals surface area (Å²) < 4.78 is 9.57. The Balaban J connectivity index is 3.58. The number of carbonyl (C=O) groups is 2. The molecule has 0 unspecified atom stereocenters. The third-order valence-corrected chi connectivity index (χ3v) is 2.52. The first kappa shape index (κ1) is 14.4. The molecule has 0 saturated heterocycles. The molecule has 0 fully saturated rings. The van der Waals surface area contributed by atoms with Crippen molar-refractivity contribution in [3.05, 3.63) is 0 Å². The minimum atomic E-state index is -0.327. The Morgan fingerprint density at radius 1 is 1.20 bits per heavy atom. The van der Waals surface area contributed by atoms with Crippen molar-refractivity contribution in [2.24, 2.45) is 0 Å². The Labute approximate surface area is 98.4 Å². The zero-order valence-corrected chi connectivity index (χ0v) is 10.7. The molecule has 0 amide bonds. The van der Waals surface area contributed by atoms with E-state index >= 15 is 0 Å². The lowest BCUT2D eigenvalue weighted by atomic mass is 10.2. The average molecular weight is 281 g/mol. The van der Waals surface area contributed by atoms with Crippen LogP contribution in [0.3, 0.4) is 0 Å². The molecule has 15 heavy (non-hydrogen) atoms. The fourth-order valence-electron chi connectivity index (χ4n) is 1.01. The summed E-state index contributed by atoms with van der Waals surface area (Å²) in [6, 6.07) is 0. The highest BCUT2D eigenvalue weighted by atomic mass is 79.9. The van der Waals surface area contributed by atoms with Crippen molar-refractivity contribution in [1.82, 2.24) is 0 Å². The maximum absolute atomic E-state index is 11.2. The highest BCUT2D eigenvalue weighted by Crippen LogP contribution is 2.12. The molecule has 0 radical (unpaired) electrons. The molecule has 0 aliphatic carbocycles. The first-order chi connectivity index (χ1) is 7.11. The van der Waals surface area contributed by atoms with Crippen LogP contribution >= 0.6 is 15.9 Å². The van der Waals surface area contributed by atoms with Crippen molar-refractivity contribution < 1.29 is 19.1 Å². The Bertz CT molecular complexity index is 206. The van der Waals surface area contributed by atoms with Gasteiger partial charge in [-0.05, 0) is 26.7 Å². The van der Waals surface area contributed by atoms with Crippen LogP contribution in [0.2, 0.25) is 0 Å². The molecular weight excluding hydrogens is 264 g/mol. The van der Waals surface area contributed by atoms with Gasteiger partial charge >= 0.3 is 11.9 Å². The van der Waals surface area contributed by atoms with Crippen LogP contribution in [0.15, 0.2) is 0 Å². The van der Waals surface area contributed by atoms with E-state index < -0.39 is 0 Å². The van der Waals surface area contributed by atoms with E-state index in [4.69, 9.17) is 9.47 Å². The van der Waals surface area contributed by atoms with Gasteiger partial charge in [-0.25, -0.2) is 0 Å². The van der Waals surface area contributed by atoms with Crippen molar-refractivity contribution in [2.75, 3.05) is 13.2 Å². The van der Waals surface area contributed by atoms with Gasteiger partial charge in [0.1, 0.15) is 4.83 Å². The van der Waals surface area contributed by atoms with Crippen molar-refractivity contribution in [2.45, 2.75) is 37.9 Å². The van der Waals surface area contributed by atoms with Crippen molar-refractivity contribution >= 4 is 27.9 Å². The number of carbonyl (C=O) groups excluding carboxylic acids is 2. The van der Waals surface area contributed by atoms with E-state index in [0.29, 0.717) is 32.5 Å². The van der Waals surface area contributed by atoms with Crippen LogP contribution in [0.25, 0.3) is 0 Å². The Morgan fingerprint density at radius 2 is 1.80 bits per heavy atom. The molecule has 0 aromatic heterocycles. The number of esters is 2. The monoisotopic (exact) mass is 280 g/mol. The quantitative estimate of drug-likeness (QED) is 0.529. The summed E-state index contributed by atoms with van der Waals surface area (Å²) in [6.07, 6.45) is 1.54. The predicted molar refractivity (Wildman–Crippen MR) is 59.8 cm³/mol. The maximum atomic E-state index is 11.2. The lowest BCUT2D eigenvalue weighted by Crippen LogP contribution is -2.17. The molecular formula is C10H17BrO4. The SMILES string of the molecule is CCOC(=O)CCC[C@H](Br)C(=O)OCC. The van der Waals surface area contributed by atoms with E-state index in [1.807, 2.05) is 0 Å². The molecule has 0 rings (SSSR count). The topological polar surface area (TPSA) is 52.6 Å². The summed E-state index contributed by atoms with van der Waals surface area (Å²) in [4.78, 5) is 21.8. The Morgan fingerprint density at radius 3 is 2.33 bits per heavy atom. The van der Waals surface area contributed by atoms with Gasteiger partial charge in [-0.15, -0.1) is 0 Å². The lowest BCUT2D eigenvalue weighted by Gasteiger charge is -2.08. The summed E-state index contributed by atoms with van der Waals surface area (Å²) in [5.41, 5.74) is 0. The number of ether oxygens (including phenoxy) is 2. The molecule has 88 valence electrons. The van der Waals surface area contributed by atoms with Gasteiger partial charge in [0.25, 0.3) is 0 Å². The molecule has 1 atom stereocenters. The molecule has 0 spiro atoms. The van der Waals surface area contributed by atoms with Crippen molar-refractivity contribution in [3.63, 3.8) is 0 Å². The average Bonchev–Trinajstić information content (AvgIpc) is 2.18. The van der Waals surface area contributed by atoms with Crippen LogP contribution in [0.4, 0.5) is 0 Å². The molecule has 0 aromatic rings. The van der Waals surface area contributed by atoms with Gasteiger partial charge < -0.3 is 9.47 Å². The van der Waals surface area contributed by atoms with Gasteiger partial charge in [-0.2, -0.15) is 0 Å². The van der Waals surface area contributed by atoms with E-state index in [9.17, 15) is 9.59 Å². The van der Waals surface area contributed by atoms with Crippen LogP contribution in [0.1, 0.15) is 33.1 Å². The molecule has 5 heteroatoms. The zero-order valence-electron chi connectivity index (χ0n) is 9.12. The van der Waals surface area contributed by atoms with E-state index in [1.165, 1.54) is 0 Å². The highest BCUT2D eigenvalue weighted by molar-refractivity contribution is 9.10. The number of alkyl halides is 1. The van der Waals surface area contributed by atoms with E-state index in [1.54, 1.807) is 13.8 Å². The molecule has 0 N–H and O–H groups in total. The van der Waals surface area contributed by atoms with E-state index in [0.717, 1.165) is 0 Å². The summed E-state index contributed by atoms with van der Waals surface area (Å²) in [6.45, 7) is 4.30. The summed E-state index contributed by atoms with van der Waals surface area (Å²) in [7, 11) is 0. The zero-order chi connectivity index (χ0) is 11.7. The largest absolute Gasteiger partial charge is 0.466 e. The Hall–Kier alpha value is -0.580. The highest BCUT2D eigenvalue weighted by Gasteiger charge is 2.15. The summed E-state index contributed by atoms with van der Waals surface area (Å²) in [5.74, 6) is -0.498. The summed E-state index contributed by atoms with van der Waals surface area (Å²) in [5, 5.41) is 0. The van der Waals surface area contributed by atoms with E-state index in [-0.39, 0.29) is 16.8 Å². The molecule has 0 aromatic carbocycles. The minimum Gasteiger partial charge on any atom is -0.466 e. The normalized spacial score (nSPS) is 11.9. The second-order valence-corrected chi connectivity index (χ2v) is 4.02. The van der Waals surface area contributed by atoms with Crippen LogP contribution in [-0.2, 0) is 19.1 Å². The second-order valence-electron chi connectivity index (χ2n) is 2.92. The molecule has 0 aliphatic heterocycles. The predicted octanol–water partition coefficient (Wildman–Crippen LogP) is 2.05. The van der Waals surface area contributed by atoms with Crippen molar-refractivity contribution in [3.8, 4) is 0 Å². The second kappa shape index (κ2) is 8.71. The first-order valence-corrected chi connectivity index (χ1v) is 5.99. The van der Waals surface area contributed by atoms with Gasteiger partial charge in [0.2, 0.25) is 0 Å². The smallest absolute Gasteiger partial charge is 0.319 e. The molecule has 0 saturated carbocycles. The Kier molecular flexibility index (Phi) is 8.37. The van der Waals surface area contributed by atoms with Gasteiger partial charge in [0.05, 0.1) is 13.2 Å². The van der Waals surface area contributed by atoms with Gasteiger partial charge in [0.15, 0.2) is 0 Å². The fourth-order valence-corrected chi connectivity index (χ4v) is 1.47. The first-order valence-electron chi connectivity index (χ1n) is 5.08. The molecule has 0 aliphatic rings. The van der Waals surface area contributed by atoms with Gasteiger partial charge in [-0.1, -0.05) is 15.9 Å². The number of rotatable bonds is 7. The van der Waals surface area contributed by atoms with Crippen LogP contribution in [0.5, 0.6) is 0 Å². The molecule has 0 heterocycles. The van der Waals surface area contributed by atoms with Crippen LogP contribution in [-0.4, -0.2) is 30.0 Å². The third kappa shape index (κ3) is 7.36. The third-order valence-electron chi connectivity index (χ3n) is 1.69. The standard InChI is InChI=1S/C10H17BrO4/c1-3-14-9(12)7-5-6-8(11)10(13)15-4-2/h8H,3-7H2,1-2H3/t8-/m0/s1. The van der Waals surface area contributed by atoms with Gasteiger partial charge in [0, 0.05) is 6.42 Å². The van der Waals surface area contributed by atoms with Gasteiger partial charge in [-0.3, -0.25) is 9.59 Å². The number of halogens is 1. The van der Waals surface area contributed by atoms with Crippen LogP contribution < -0.4 is 0 Å². The van der Waals surface area contributed by atoms with E-state index in [2.05, 4.69) is 15.9 Å².